The van der Waals surface area contributed by atoms with Crippen molar-refractivity contribution in [3.63, 3.8) is 0 Å². The highest BCUT2D eigenvalue weighted by Crippen LogP contribution is 2.46. The molecule has 0 aromatic heterocycles. The van der Waals surface area contributed by atoms with Gasteiger partial charge < -0.3 is 25.4 Å². The number of amides is 3. The van der Waals surface area contributed by atoms with Gasteiger partial charge in [-0.2, -0.15) is 13.2 Å². The molecule has 0 bridgehead atoms. The lowest BCUT2D eigenvalue weighted by molar-refractivity contribution is -0.175. The Kier molecular flexibility index (Phi) is 7.89. The fourth-order valence-corrected chi connectivity index (χ4v) is 4.56. The Morgan fingerprint density at radius 3 is 2.71 bits per heavy atom. The number of aliphatic hydroxyl groups is 1. The third-order valence-corrected chi connectivity index (χ3v) is 6.46. The van der Waals surface area contributed by atoms with Crippen LogP contribution in [-0.2, 0) is 23.9 Å². The molecule has 0 unspecified atom stereocenters. The maximum atomic E-state index is 13.2. The molecule has 3 N–H and O–H groups in total. The van der Waals surface area contributed by atoms with Gasteiger partial charge in [0.1, 0.15) is 17.6 Å². The molecule has 1 saturated carbocycles. The number of hydrogen-bond donors (Lipinski definition) is 3. The Balaban J connectivity index is 1.87. The summed E-state index contributed by atoms with van der Waals surface area (Å²) in [6.07, 6.45) is -0.0500. The van der Waals surface area contributed by atoms with Crippen LogP contribution in [0.15, 0.2) is 12.2 Å². The molecule has 2 heterocycles. The largest absolute Gasteiger partial charge is 0.471 e. The summed E-state index contributed by atoms with van der Waals surface area (Å²) in [7, 11) is 0. The molecule has 0 spiro atoms. The number of fused-ring (bicyclic) bond motifs is 2. The molecule has 2 fully saturated rings. The molecule has 5 atom stereocenters. The first-order valence-corrected chi connectivity index (χ1v) is 11.5. The van der Waals surface area contributed by atoms with Gasteiger partial charge in [0.15, 0.2) is 0 Å². The normalized spacial score (nSPS) is 33.5. The molecule has 3 aliphatic rings. The van der Waals surface area contributed by atoms with Crippen LogP contribution < -0.4 is 10.6 Å². The Hall–Kier alpha value is -2.63. The van der Waals surface area contributed by atoms with Crippen LogP contribution >= 0.6 is 0 Å². The number of rotatable bonds is 3. The summed E-state index contributed by atoms with van der Waals surface area (Å²) in [5.41, 5.74) is -1.28. The molecular formula is C22H30F3N3O6. The summed E-state index contributed by atoms with van der Waals surface area (Å²) < 4.78 is 43.7. The zero-order chi connectivity index (χ0) is 25.1. The van der Waals surface area contributed by atoms with Crippen molar-refractivity contribution in [3.05, 3.63) is 12.2 Å². The number of alkyl halides is 3. The van der Waals surface area contributed by atoms with Crippen LogP contribution in [0.1, 0.15) is 51.9 Å². The lowest BCUT2D eigenvalue weighted by Crippen LogP contribution is -2.57. The molecule has 34 heavy (non-hydrogen) atoms. The number of ether oxygens (including phenoxy) is 1. The van der Waals surface area contributed by atoms with E-state index in [1.54, 1.807) is 12.2 Å². The average molecular weight is 489 g/mol. The van der Waals surface area contributed by atoms with Crippen molar-refractivity contribution in [1.29, 1.82) is 0 Å². The van der Waals surface area contributed by atoms with Gasteiger partial charge in [-0.25, -0.2) is 4.79 Å². The van der Waals surface area contributed by atoms with E-state index in [1.165, 1.54) is 0 Å². The number of nitrogens with zero attached hydrogens (tertiary/aromatic N) is 1. The number of hydrogen-bond acceptors (Lipinski definition) is 6. The molecule has 2 aliphatic heterocycles. The molecule has 190 valence electrons. The third kappa shape index (κ3) is 5.70. The summed E-state index contributed by atoms with van der Waals surface area (Å²) in [5, 5.41) is 14.6. The van der Waals surface area contributed by atoms with Gasteiger partial charge in [-0.05, 0) is 32.6 Å². The molecule has 1 aliphatic carbocycles. The lowest BCUT2D eigenvalue weighted by atomic mass is 10.0. The lowest BCUT2D eigenvalue weighted by Gasteiger charge is -2.30. The minimum absolute atomic E-state index is 0.0410. The van der Waals surface area contributed by atoms with Crippen molar-refractivity contribution >= 4 is 23.7 Å². The molecule has 3 rings (SSSR count). The van der Waals surface area contributed by atoms with Gasteiger partial charge in [-0.3, -0.25) is 14.4 Å². The number of aliphatic hydroxyl groups excluding tert-OH is 1. The fourth-order valence-electron chi connectivity index (χ4n) is 4.56. The van der Waals surface area contributed by atoms with E-state index in [-0.39, 0.29) is 31.9 Å². The van der Waals surface area contributed by atoms with Crippen molar-refractivity contribution in [2.75, 3.05) is 13.2 Å². The first kappa shape index (κ1) is 26.0. The highest BCUT2D eigenvalue weighted by molar-refractivity contribution is 5.97. The molecule has 0 aromatic carbocycles. The summed E-state index contributed by atoms with van der Waals surface area (Å²) >= 11 is 0. The van der Waals surface area contributed by atoms with Crippen LogP contribution in [0.4, 0.5) is 13.2 Å². The molecule has 0 aromatic rings. The predicted molar refractivity (Wildman–Crippen MR) is 112 cm³/mol. The summed E-state index contributed by atoms with van der Waals surface area (Å²) in [6.45, 7) is 1.48. The second-order valence-corrected chi connectivity index (χ2v) is 8.98. The maximum absolute atomic E-state index is 13.2. The Bertz CT molecular complexity index is 848. The molecule has 3 amide bonds. The Labute approximate surface area is 195 Å². The maximum Gasteiger partial charge on any atom is 0.471 e. The number of esters is 1. The summed E-state index contributed by atoms with van der Waals surface area (Å²) in [6, 6.07) is -2.70. The summed E-state index contributed by atoms with van der Waals surface area (Å²) in [5.74, 6) is -4.71. The van der Waals surface area contributed by atoms with E-state index in [2.05, 4.69) is 5.32 Å². The first-order valence-electron chi connectivity index (χ1n) is 11.5. The second kappa shape index (κ2) is 10.3. The standard InChI is InChI=1S/C22H30F3N3O6/c1-2-34-20(33)21-11-13(21)8-6-4-3-5-7-9-15(26-19(32)22(23,24)25)18(31)28-12-14(29)10-16(28)17(30)27-21/h6,8,13-16,29H,2-5,7,9-12H2,1H3,(H,26,32)(H,27,30)/b8-6-/t13-,14-,15+,16+,21-/m1/s1. The highest BCUT2D eigenvalue weighted by Gasteiger charge is 2.62. The van der Waals surface area contributed by atoms with Crippen molar-refractivity contribution in [2.24, 2.45) is 5.92 Å². The van der Waals surface area contributed by atoms with Crippen molar-refractivity contribution in [3.8, 4) is 0 Å². The summed E-state index contributed by atoms with van der Waals surface area (Å²) in [4.78, 5) is 51.5. The first-order chi connectivity index (χ1) is 16.0. The number of carbonyl (C=O) groups is 4. The smallest absolute Gasteiger partial charge is 0.464 e. The van der Waals surface area contributed by atoms with Gasteiger partial charge in [-0.1, -0.05) is 25.0 Å². The molecular weight excluding hydrogens is 459 g/mol. The van der Waals surface area contributed by atoms with Crippen molar-refractivity contribution in [2.45, 2.75) is 81.8 Å². The highest BCUT2D eigenvalue weighted by atomic mass is 19.4. The number of nitrogens with one attached hydrogen (secondary N) is 2. The van der Waals surface area contributed by atoms with Crippen LogP contribution in [0, 0.1) is 5.92 Å². The molecule has 1 saturated heterocycles. The van der Waals surface area contributed by atoms with Crippen molar-refractivity contribution in [1.82, 2.24) is 15.5 Å². The van der Waals surface area contributed by atoms with Crippen molar-refractivity contribution < 1.29 is 42.2 Å². The minimum atomic E-state index is -5.17. The van der Waals surface area contributed by atoms with Gasteiger partial charge in [0.25, 0.3) is 0 Å². The number of carbonyl (C=O) groups excluding carboxylic acids is 4. The SMILES string of the molecule is CCOC(=O)[C@@]12C[C@H]1/C=C\CCCCC[C@H](NC(=O)C(F)(F)F)C(=O)N1C[C@H](O)C[C@H]1C(=O)N2. The fraction of sp³-hybridized carbons (Fsp3) is 0.727. The number of halogens is 3. The molecule has 9 nitrogen and oxygen atoms in total. The molecule has 12 heteroatoms. The monoisotopic (exact) mass is 489 g/mol. The van der Waals surface area contributed by atoms with E-state index in [4.69, 9.17) is 4.74 Å². The van der Waals surface area contributed by atoms with Gasteiger partial charge in [0.05, 0.1) is 12.7 Å². The zero-order valence-electron chi connectivity index (χ0n) is 18.9. The Morgan fingerprint density at radius 1 is 1.29 bits per heavy atom. The van der Waals surface area contributed by atoms with E-state index in [0.29, 0.717) is 32.1 Å². The quantitative estimate of drug-likeness (QED) is 0.401. The van der Waals surface area contributed by atoms with E-state index < -0.39 is 53.6 Å². The van der Waals surface area contributed by atoms with Crippen LogP contribution in [-0.4, -0.2) is 76.8 Å². The van der Waals surface area contributed by atoms with Crippen LogP contribution in [0.3, 0.4) is 0 Å². The van der Waals surface area contributed by atoms with E-state index in [0.717, 1.165) is 4.90 Å². The van der Waals surface area contributed by atoms with Gasteiger partial charge in [-0.15, -0.1) is 0 Å². The van der Waals surface area contributed by atoms with E-state index >= 15 is 0 Å². The molecule has 0 radical (unpaired) electrons. The van der Waals surface area contributed by atoms with Crippen LogP contribution in [0.2, 0.25) is 0 Å². The van der Waals surface area contributed by atoms with Crippen LogP contribution in [0.25, 0.3) is 0 Å². The third-order valence-electron chi connectivity index (χ3n) is 6.46. The zero-order valence-corrected chi connectivity index (χ0v) is 18.9. The topological polar surface area (TPSA) is 125 Å². The second-order valence-electron chi connectivity index (χ2n) is 8.98. The van der Waals surface area contributed by atoms with Gasteiger partial charge in [0, 0.05) is 18.9 Å². The minimum Gasteiger partial charge on any atom is -0.464 e. The van der Waals surface area contributed by atoms with Crippen LogP contribution in [0.5, 0.6) is 0 Å². The van der Waals surface area contributed by atoms with E-state index in [1.807, 2.05) is 12.2 Å². The average Bonchev–Trinajstić information content (AvgIpc) is 3.31. The number of allylic oxidation sites excluding steroid dienone is 1. The van der Waals surface area contributed by atoms with Gasteiger partial charge in [0.2, 0.25) is 11.8 Å². The van der Waals surface area contributed by atoms with Gasteiger partial charge >= 0.3 is 18.1 Å². The van der Waals surface area contributed by atoms with E-state index in [9.17, 15) is 37.5 Å². The Morgan fingerprint density at radius 2 is 2.03 bits per heavy atom. The predicted octanol–water partition coefficient (Wildman–Crippen LogP) is 0.954.